The lowest BCUT2D eigenvalue weighted by atomic mass is 9.99. The van der Waals surface area contributed by atoms with Crippen LogP contribution >= 0.6 is 11.6 Å². The molecule has 0 aliphatic heterocycles. The number of rotatable bonds is 4. The smallest absolute Gasteiger partial charge is 0.344 e. The average Bonchev–Trinajstić information content (AvgIpc) is 2.74. The van der Waals surface area contributed by atoms with Crippen LogP contribution in [-0.4, -0.2) is 13.1 Å². The van der Waals surface area contributed by atoms with Crippen LogP contribution in [-0.2, 0) is 0 Å². The minimum atomic E-state index is -0.526. The first-order valence-corrected chi connectivity index (χ1v) is 9.53. The van der Waals surface area contributed by atoms with Gasteiger partial charge in [-0.1, -0.05) is 29.8 Å². The van der Waals surface area contributed by atoms with E-state index < -0.39 is 11.6 Å². The number of halogens is 1. The van der Waals surface area contributed by atoms with E-state index in [-0.39, 0.29) is 0 Å². The van der Waals surface area contributed by atoms with E-state index in [1.54, 1.807) is 67.8 Å². The van der Waals surface area contributed by atoms with Crippen LogP contribution in [0.5, 0.6) is 11.5 Å². The Kier molecular flexibility index (Phi) is 5.29. The van der Waals surface area contributed by atoms with Crippen LogP contribution in [0.15, 0.2) is 75.9 Å². The lowest BCUT2D eigenvalue weighted by Gasteiger charge is -2.10. The summed E-state index contributed by atoms with van der Waals surface area (Å²) in [5.74, 6) is 0.504. The van der Waals surface area contributed by atoms with Crippen molar-refractivity contribution >= 4 is 28.5 Å². The Morgan fingerprint density at radius 2 is 1.70 bits per heavy atom. The number of ether oxygens (including phenoxy) is 2. The monoisotopic (exact) mass is 420 g/mol. The molecule has 3 aromatic carbocycles. The maximum absolute atomic E-state index is 12.6. The number of benzene rings is 3. The fourth-order valence-corrected chi connectivity index (χ4v) is 3.46. The number of fused-ring (bicyclic) bond motifs is 1. The van der Waals surface area contributed by atoms with Gasteiger partial charge in [0.25, 0.3) is 0 Å². The van der Waals surface area contributed by atoms with Gasteiger partial charge in [-0.15, -0.1) is 0 Å². The second kappa shape index (κ2) is 8.05. The molecule has 0 aliphatic carbocycles. The zero-order valence-corrected chi connectivity index (χ0v) is 17.0. The van der Waals surface area contributed by atoms with Gasteiger partial charge in [-0.05, 0) is 66.6 Å². The lowest BCUT2D eigenvalue weighted by molar-refractivity contribution is 0.0735. The molecule has 30 heavy (non-hydrogen) atoms. The molecule has 0 radical (unpaired) electrons. The Bertz CT molecular complexity index is 1310. The van der Waals surface area contributed by atoms with Crippen LogP contribution in [0.25, 0.3) is 22.1 Å². The SMILES string of the molecule is COc1ccc(-c2c(C)c3cc(OC(=O)c4cccc(Cl)c4)ccc3oc2=O)cc1. The van der Waals surface area contributed by atoms with Gasteiger partial charge in [-0.3, -0.25) is 0 Å². The van der Waals surface area contributed by atoms with Crippen LogP contribution in [0, 0.1) is 6.92 Å². The van der Waals surface area contributed by atoms with Crippen molar-refractivity contribution in [1.82, 2.24) is 0 Å². The van der Waals surface area contributed by atoms with Gasteiger partial charge < -0.3 is 13.9 Å². The van der Waals surface area contributed by atoms with Gasteiger partial charge >= 0.3 is 11.6 Å². The van der Waals surface area contributed by atoms with Gasteiger partial charge in [-0.2, -0.15) is 0 Å². The zero-order valence-electron chi connectivity index (χ0n) is 16.3. The van der Waals surface area contributed by atoms with E-state index in [4.69, 9.17) is 25.5 Å². The van der Waals surface area contributed by atoms with Gasteiger partial charge in [0.15, 0.2) is 0 Å². The molecule has 5 nitrogen and oxygen atoms in total. The van der Waals surface area contributed by atoms with Crippen molar-refractivity contribution in [3.63, 3.8) is 0 Å². The number of aryl methyl sites for hydroxylation is 1. The van der Waals surface area contributed by atoms with Gasteiger partial charge in [0.1, 0.15) is 17.1 Å². The number of hydrogen-bond donors (Lipinski definition) is 0. The van der Waals surface area contributed by atoms with Crippen LogP contribution < -0.4 is 15.1 Å². The summed E-state index contributed by atoms with van der Waals surface area (Å²) in [4.78, 5) is 25.0. The lowest BCUT2D eigenvalue weighted by Crippen LogP contribution is -2.09. The average molecular weight is 421 g/mol. The predicted octanol–water partition coefficient (Wildman–Crippen LogP) is 5.65. The quantitative estimate of drug-likeness (QED) is 0.242. The van der Waals surface area contributed by atoms with Gasteiger partial charge in [0, 0.05) is 10.4 Å². The van der Waals surface area contributed by atoms with E-state index in [0.29, 0.717) is 44.2 Å². The number of carbonyl (C=O) groups excluding carboxylic acids is 1. The molecular formula is C24H17ClO5. The molecule has 0 bridgehead atoms. The van der Waals surface area contributed by atoms with Crippen molar-refractivity contribution in [1.29, 1.82) is 0 Å². The van der Waals surface area contributed by atoms with Crippen molar-refractivity contribution in [2.24, 2.45) is 0 Å². The Labute approximate surface area is 177 Å². The molecule has 0 atom stereocenters. The van der Waals surface area contributed by atoms with Crippen molar-refractivity contribution in [2.75, 3.05) is 7.11 Å². The molecule has 0 amide bonds. The van der Waals surface area contributed by atoms with Gasteiger partial charge in [0.05, 0.1) is 18.2 Å². The molecule has 1 heterocycles. The van der Waals surface area contributed by atoms with E-state index in [1.165, 1.54) is 6.07 Å². The summed E-state index contributed by atoms with van der Waals surface area (Å²) in [6, 6.07) is 18.6. The van der Waals surface area contributed by atoms with Crippen LogP contribution in [0.3, 0.4) is 0 Å². The zero-order chi connectivity index (χ0) is 21.3. The van der Waals surface area contributed by atoms with Gasteiger partial charge in [-0.25, -0.2) is 9.59 Å². The highest BCUT2D eigenvalue weighted by Gasteiger charge is 2.16. The maximum Gasteiger partial charge on any atom is 0.344 e. The normalized spacial score (nSPS) is 10.8. The maximum atomic E-state index is 12.6. The van der Waals surface area contributed by atoms with E-state index in [9.17, 15) is 9.59 Å². The molecule has 6 heteroatoms. The highest BCUT2D eigenvalue weighted by molar-refractivity contribution is 6.30. The summed E-state index contributed by atoms with van der Waals surface area (Å²) < 4.78 is 16.2. The molecule has 0 saturated carbocycles. The Balaban J connectivity index is 1.74. The highest BCUT2D eigenvalue weighted by Crippen LogP contribution is 2.30. The van der Waals surface area contributed by atoms with E-state index in [1.807, 2.05) is 6.92 Å². The Morgan fingerprint density at radius 3 is 2.40 bits per heavy atom. The summed E-state index contributed by atoms with van der Waals surface area (Å²) in [6.45, 7) is 1.83. The summed E-state index contributed by atoms with van der Waals surface area (Å²) in [7, 11) is 1.58. The van der Waals surface area contributed by atoms with E-state index >= 15 is 0 Å². The second-order valence-corrected chi connectivity index (χ2v) is 7.11. The Morgan fingerprint density at radius 1 is 0.967 bits per heavy atom. The fourth-order valence-electron chi connectivity index (χ4n) is 3.27. The number of methoxy groups -OCH3 is 1. The van der Waals surface area contributed by atoms with Crippen molar-refractivity contribution in [3.05, 3.63) is 93.3 Å². The van der Waals surface area contributed by atoms with Crippen LogP contribution in [0.2, 0.25) is 5.02 Å². The molecule has 150 valence electrons. The largest absolute Gasteiger partial charge is 0.497 e. The van der Waals surface area contributed by atoms with Crippen LogP contribution in [0.1, 0.15) is 15.9 Å². The summed E-state index contributed by atoms with van der Waals surface area (Å²) >= 11 is 5.94. The molecule has 0 unspecified atom stereocenters. The molecule has 4 rings (SSSR count). The van der Waals surface area contributed by atoms with E-state index in [0.717, 1.165) is 5.56 Å². The van der Waals surface area contributed by atoms with Crippen LogP contribution in [0.4, 0.5) is 0 Å². The fraction of sp³-hybridized carbons (Fsp3) is 0.0833. The second-order valence-electron chi connectivity index (χ2n) is 6.68. The third-order valence-electron chi connectivity index (χ3n) is 4.79. The summed E-state index contributed by atoms with van der Waals surface area (Å²) in [6.07, 6.45) is 0. The predicted molar refractivity (Wildman–Crippen MR) is 116 cm³/mol. The minimum Gasteiger partial charge on any atom is -0.497 e. The Hall–Kier alpha value is -3.57. The highest BCUT2D eigenvalue weighted by atomic mass is 35.5. The van der Waals surface area contributed by atoms with Gasteiger partial charge in [0.2, 0.25) is 0 Å². The molecule has 0 fully saturated rings. The number of hydrogen-bond acceptors (Lipinski definition) is 5. The molecule has 0 spiro atoms. The summed E-state index contributed by atoms with van der Waals surface area (Å²) in [5, 5.41) is 1.13. The molecular weight excluding hydrogens is 404 g/mol. The summed E-state index contributed by atoms with van der Waals surface area (Å²) in [5.41, 5.74) is 2.21. The standard InChI is InChI=1S/C24H17ClO5/c1-14-20-13-19(29-23(26)16-4-3-5-17(25)12-16)10-11-21(20)30-24(27)22(14)15-6-8-18(28-2)9-7-15/h3-13H,1-2H3. The first-order valence-electron chi connectivity index (χ1n) is 9.16. The molecule has 0 N–H and O–H groups in total. The minimum absolute atomic E-state index is 0.338. The van der Waals surface area contributed by atoms with Crippen molar-refractivity contribution in [2.45, 2.75) is 6.92 Å². The number of carbonyl (C=O) groups is 1. The third-order valence-corrected chi connectivity index (χ3v) is 5.02. The molecule has 0 saturated heterocycles. The van der Waals surface area contributed by atoms with Crippen molar-refractivity contribution in [3.8, 4) is 22.6 Å². The molecule has 1 aromatic heterocycles. The first kappa shape index (κ1) is 19.7. The number of esters is 1. The first-order chi connectivity index (χ1) is 14.5. The van der Waals surface area contributed by atoms with E-state index in [2.05, 4.69) is 0 Å². The van der Waals surface area contributed by atoms with Crippen molar-refractivity contribution < 1.29 is 18.7 Å². The topological polar surface area (TPSA) is 65.7 Å². The third kappa shape index (κ3) is 3.80. The molecule has 0 aliphatic rings. The molecule has 4 aromatic rings.